The third-order valence-corrected chi connectivity index (χ3v) is 7.69. The zero-order valence-electron chi connectivity index (χ0n) is 21.5. The first-order valence-corrected chi connectivity index (χ1v) is 13.3. The van der Waals surface area contributed by atoms with Crippen molar-refractivity contribution in [1.82, 2.24) is 19.7 Å². The molecule has 39 heavy (non-hydrogen) atoms. The lowest BCUT2D eigenvalue weighted by Gasteiger charge is -2.28. The van der Waals surface area contributed by atoms with Gasteiger partial charge in [0.2, 0.25) is 5.82 Å². The van der Waals surface area contributed by atoms with Crippen molar-refractivity contribution in [3.8, 4) is 11.1 Å². The number of fused-ring (bicyclic) bond motifs is 2. The van der Waals surface area contributed by atoms with Crippen molar-refractivity contribution in [3.63, 3.8) is 0 Å². The molecule has 1 aliphatic heterocycles. The summed E-state index contributed by atoms with van der Waals surface area (Å²) in [6.45, 7) is 7.64. The lowest BCUT2D eigenvalue weighted by molar-refractivity contribution is -0.160. The van der Waals surface area contributed by atoms with E-state index in [4.69, 9.17) is 21.3 Å². The van der Waals surface area contributed by atoms with E-state index in [1.54, 1.807) is 32.9 Å². The minimum Gasteiger partial charge on any atom is -0.479 e. The Balaban J connectivity index is 1.65. The van der Waals surface area contributed by atoms with Crippen molar-refractivity contribution in [2.75, 3.05) is 11.4 Å². The number of anilines is 1. The Morgan fingerprint density at radius 2 is 1.85 bits per heavy atom. The molecule has 5 rings (SSSR count). The van der Waals surface area contributed by atoms with Gasteiger partial charge in [-0.1, -0.05) is 35.1 Å². The Bertz CT molecular complexity index is 1560. The van der Waals surface area contributed by atoms with Gasteiger partial charge in [0.25, 0.3) is 0 Å². The topological polar surface area (TPSA) is 93.4 Å². The summed E-state index contributed by atoms with van der Waals surface area (Å²) in [5, 5.41) is 18.4. The first kappa shape index (κ1) is 27.4. The van der Waals surface area contributed by atoms with Gasteiger partial charge in [0, 0.05) is 29.2 Å². The molecule has 0 fully saturated rings. The highest BCUT2D eigenvalue weighted by atomic mass is 35.5. The summed E-state index contributed by atoms with van der Waals surface area (Å²) in [5.74, 6) is -1.93. The molecule has 0 amide bonds. The van der Waals surface area contributed by atoms with E-state index in [0.29, 0.717) is 32.4 Å². The molecule has 0 saturated carbocycles. The Kier molecular flexibility index (Phi) is 6.84. The largest absolute Gasteiger partial charge is 0.479 e. The summed E-state index contributed by atoms with van der Waals surface area (Å²) < 4.78 is 47.7. The van der Waals surface area contributed by atoms with Gasteiger partial charge in [-0.2, -0.15) is 13.2 Å². The average molecular weight is 580 g/mol. The minimum atomic E-state index is -4.58. The van der Waals surface area contributed by atoms with Crippen LogP contribution in [-0.2, 0) is 28.8 Å². The highest BCUT2D eigenvalue weighted by Crippen LogP contribution is 2.44. The molecule has 1 aliphatic rings. The number of halogens is 4. The molecule has 0 radical (unpaired) electrons. The Hall–Kier alpha value is -3.22. The smallest absolute Gasteiger partial charge is 0.451 e. The van der Waals surface area contributed by atoms with Gasteiger partial charge in [-0.3, -0.25) is 0 Å². The predicted molar refractivity (Wildman–Crippen MR) is 142 cm³/mol. The van der Waals surface area contributed by atoms with Crippen molar-refractivity contribution in [1.29, 1.82) is 0 Å². The first-order valence-electron chi connectivity index (χ1n) is 12.1. The van der Waals surface area contributed by atoms with E-state index < -0.39 is 29.7 Å². The molecule has 206 valence electrons. The van der Waals surface area contributed by atoms with E-state index in [0.717, 1.165) is 14.8 Å². The van der Waals surface area contributed by atoms with Crippen LogP contribution in [0.5, 0.6) is 0 Å². The van der Waals surface area contributed by atoms with E-state index >= 15 is 0 Å². The summed E-state index contributed by atoms with van der Waals surface area (Å²) in [7, 11) is 0. The molecule has 0 aliphatic carbocycles. The van der Waals surface area contributed by atoms with Gasteiger partial charge in [0.05, 0.1) is 22.4 Å². The number of aliphatic carboxylic acids is 1. The maximum Gasteiger partial charge on any atom is 0.451 e. The lowest BCUT2D eigenvalue weighted by Crippen LogP contribution is -2.35. The maximum absolute atomic E-state index is 13.3. The fraction of sp³-hybridized carbons (Fsp3) is 0.385. The third kappa shape index (κ3) is 5.32. The normalized spacial score (nSPS) is 15.0. The van der Waals surface area contributed by atoms with E-state index in [1.807, 2.05) is 30.0 Å². The van der Waals surface area contributed by atoms with Crippen molar-refractivity contribution in [3.05, 3.63) is 58.1 Å². The monoisotopic (exact) mass is 579 g/mol. The van der Waals surface area contributed by atoms with Crippen LogP contribution in [0.1, 0.15) is 49.7 Å². The zero-order valence-corrected chi connectivity index (χ0v) is 23.1. The molecule has 8 nitrogen and oxygen atoms in total. The number of hydrogen-bond acceptors (Lipinski definition) is 7. The van der Waals surface area contributed by atoms with Gasteiger partial charge in [-0.15, -0.1) is 10.2 Å². The number of benzene rings is 2. The number of aromatic nitrogens is 4. The summed E-state index contributed by atoms with van der Waals surface area (Å²) in [6.07, 6.45) is -5.83. The van der Waals surface area contributed by atoms with Gasteiger partial charge in [-0.25, -0.2) is 9.78 Å². The molecular weight excluding hydrogens is 555 g/mol. The highest BCUT2D eigenvalue weighted by molar-refractivity contribution is 7.22. The summed E-state index contributed by atoms with van der Waals surface area (Å²) in [5.41, 5.74) is 2.52. The van der Waals surface area contributed by atoms with Gasteiger partial charge < -0.3 is 19.3 Å². The van der Waals surface area contributed by atoms with Crippen LogP contribution in [0.3, 0.4) is 0 Å². The van der Waals surface area contributed by atoms with E-state index in [-0.39, 0.29) is 25.5 Å². The van der Waals surface area contributed by atoms with Crippen LogP contribution in [-0.4, -0.2) is 43.0 Å². The third-order valence-electron chi connectivity index (χ3n) is 6.28. The number of nitrogens with zero attached hydrogens (tertiary/aromatic N) is 5. The highest BCUT2D eigenvalue weighted by Gasteiger charge is 2.40. The average Bonchev–Trinajstić information content (AvgIpc) is 3.45. The number of thiazole rings is 1. The number of ether oxygens (including phenoxy) is 1. The molecule has 0 bridgehead atoms. The zero-order chi connectivity index (χ0) is 28.3. The molecule has 4 aromatic rings. The van der Waals surface area contributed by atoms with Crippen LogP contribution in [0.2, 0.25) is 5.02 Å². The van der Waals surface area contributed by atoms with Crippen molar-refractivity contribution < 1.29 is 27.8 Å². The number of carbonyl (C=O) groups is 1. The summed E-state index contributed by atoms with van der Waals surface area (Å²) in [4.78, 5) is 19.1. The fourth-order valence-electron chi connectivity index (χ4n) is 4.69. The standard InChI is InChI=1S/C26H25ClF3N5O3S/c1-13-11-16-21(39-24(31-16)34-9-10-35-17(12-34)32-33-23(35)26(28,29)30)19(14-5-7-15(27)8-6-14)18(13)20(22(36)37)38-25(2,3)4/h5-8,11,20H,9-10,12H2,1-4H3,(H,36,37). The van der Waals surface area contributed by atoms with Gasteiger partial charge in [-0.05, 0) is 57.0 Å². The number of carboxylic acid groups (broad SMARTS) is 1. The number of aryl methyl sites for hydroxylation is 1. The molecular formula is C26H25ClF3N5O3S. The Labute approximate surface area is 231 Å². The van der Waals surface area contributed by atoms with Crippen LogP contribution in [0.25, 0.3) is 21.3 Å². The number of rotatable bonds is 5. The number of hydrogen-bond donors (Lipinski definition) is 1. The molecule has 1 atom stereocenters. The number of alkyl halides is 3. The molecule has 3 heterocycles. The van der Waals surface area contributed by atoms with Crippen LogP contribution in [0, 0.1) is 6.92 Å². The van der Waals surface area contributed by atoms with Crippen LogP contribution in [0.15, 0.2) is 30.3 Å². The molecule has 13 heteroatoms. The quantitative estimate of drug-likeness (QED) is 0.288. The first-order chi connectivity index (χ1) is 18.2. The van der Waals surface area contributed by atoms with Crippen molar-refractivity contribution in [2.24, 2.45) is 0 Å². The van der Waals surface area contributed by atoms with Gasteiger partial charge >= 0.3 is 12.1 Å². The minimum absolute atomic E-state index is 0.0575. The maximum atomic E-state index is 13.3. The van der Waals surface area contributed by atoms with Crippen LogP contribution < -0.4 is 4.90 Å². The van der Waals surface area contributed by atoms with E-state index in [1.165, 1.54) is 11.3 Å². The Morgan fingerprint density at radius 3 is 2.46 bits per heavy atom. The molecule has 0 spiro atoms. The molecule has 2 aromatic heterocycles. The SMILES string of the molecule is Cc1cc2nc(N3CCn4c(nnc4C(F)(F)F)C3)sc2c(-c2ccc(Cl)cc2)c1C(OC(C)(C)C)C(=O)O. The molecule has 1 N–H and O–H groups in total. The second kappa shape index (κ2) is 9.76. The van der Waals surface area contributed by atoms with Crippen LogP contribution in [0.4, 0.5) is 18.3 Å². The van der Waals surface area contributed by atoms with E-state index in [9.17, 15) is 23.1 Å². The molecule has 1 unspecified atom stereocenters. The van der Waals surface area contributed by atoms with Gasteiger partial charge in [0.15, 0.2) is 17.1 Å². The van der Waals surface area contributed by atoms with Crippen molar-refractivity contribution >= 4 is 44.3 Å². The fourth-order valence-corrected chi connectivity index (χ4v) is 5.97. The number of carboxylic acids is 1. The van der Waals surface area contributed by atoms with Gasteiger partial charge in [0.1, 0.15) is 0 Å². The second-order valence-electron chi connectivity index (χ2n) is 10.3. The van der Waals surface area contributed by atoms with E-state index in [2.05, 4.69) is 10.2 Å². The van der Waals surface area contributed by atoms with Crippen LogP contribution >= 0.6 is 22.9 Å². The predicted octanol–water partition coefficient (Wildman–Crippen LogP) is 6.50. The second-order valence-corrected chi connectivity index (χ2v) is 11.7. The summed E-state index contributed by atoms with van der Waals surface area (Å²) >= 11 is 7.49. The van der Waals surface area contributed by atoms with Crippen molar-refractivity contribution in [2.45, 2.75) is 58.7 Å². The summed E-state index contributed by atoms with van der Waals surface area (Å²) in [6, 6.07) is 8.91. The molecule has 2 aromatic carbocycles. The molecule has 0 saturated heterocycles. The Morgan fingerprint density at radius 1 is 1.15 bits per heavy atom. The lowest BCUT2D eigenvalue weighted by atomic mass is 9.91.